The zero-order valence-corrected chi connectivity index (χ0v) is 19.9. The van der Waals surface area contributed by atoms with Crippen molar-refractivity contribution in [1.82, 2.24) is 10.2 Å². The van der Waals surface area contributed by atoms with Gasteiger partial charge in [-0.05, 0) is 16.7 Å². The molecule has 2 heterocycles. The third-order valence-corrected chi connectivity index (χ3v) is 7.11. The van der Waals surface area contributed by atoms with Crippen molar-refractivity contribution in [2.45, 2.75) is 21.6 Å². The van der Waals surface area contributed by atoms with E-state index >= 15 is 0 Å². The molecule has 0 radical (unpaired) electrons. The SMILES string of the molecule is O=C(Cc1ccccc1)NC1C(=O)N2C(C(=O)OCC(Cl)(Cl)Cl)=C(CBr)C[S+]([O-])[C@H]12. The number of carbonyl (C=O) groups excluding carboxylic acids is 3. The number of benzene rings is 1. The predicted octanol–water partition coefficient (Wildman–Crippen LogP) is 2.21. The van der Waals surface area contributed by atoms with Crippen LogP contribution in [0.15, 0.2) is 41.6 Å². The molecule has 2 aliphatic rings. The van der Waals surface area contributed by atoms with E-state index in [-0.39, 0.29) is 29.1 Å². The Bertz CT molecular complexity index is 880. The minimum Gasteiger partial charge on any atom is -0.614 e. The van der Waals surface area contributed by atoms with E-state index in [0.29, 0.717) is 5.57 Å². The van der Waals surface area contributed by atoms with Crippen LogP contribution < -0.4 is 5.32 Å². The maximum atomic E-state index is 12.7. The number of amides is 2. The third-order valence-electron chi connectivity index (χ3n) is 4.45. The summed E-state index contributed by atoms with van der Waals surface area (Å²) in [6.45, 7) is -0.511. The smallest absolute Gasteiger partial charge is 0.355 e. The van der Waals surface area contributed by atoms with Crippen molar-refractivity contribution in [2.75, 3.05) is 17.7 Å². The van der Waals surface area contributed by atoms with Crippen LogP contribution in [0.2, 0.25) is 0 Å². The van der Waals surface area contributed by atoms with Gasteiger partial charge in [-0.3, -0.25) is 14.5 Å². The Balaban J connectivity index is 1.74. The fourth-order valence-electron chi connectivity index (χ4n) is 3.17. The summed E-state index contributed by atoms with van der Waals surface area (Å²) in [4.78, 5) is 38.8. The van der Waals surface area contributed by atoms with E-state index in [9.17, 15) is 18.9 Å². The summed E-state index contributed by atoms with van der Waals surface area (Å²) >= 11 is 18.6. The summed E-state index contributed by atoms with van der Waals surface area (Å²) < 4.78 is 15.9. The molecule has 2 amide bonds. The molecule has 1 fully saturated rings. The van der Waals surface area contributed by atoms with E-state index in [1.165, 1.54) is 0 Å². The standard InChI is InChI=1S/C18H16BrCl3N2O5S/c19-7-11-8-30(28)16-13(23-12(25)6-10-4-2-1-3-5-10)15(26)24(16)14(11)17(27)29-9-18(20,21)22/h1-5,13,16H,6-9H2,(H,23,25)/t13?,16-,30?/m1/s1. The molecule has 1 saturated heterocycles. The van der Waals surface area contributed by atoms with Crippen LogP contribution in [-0.2, 0) is 36.7 Å². The molecule has 2 aliphatic heterocycles. The summed E-state index contributed by atoms with van der Waals surface area (Å²) in [5.74, 6) is -1.75. The van der Waals surface area contributed by atoms with Gasteiger partial charge in [0.05, 0.1) is 6.42 Å². The molecule has 1 N–H and O–H groups in total. The minimum absolute atomic E-state index is 0.0377. The van der Waals surface area contributed by atoms with Gasteiger partial charge in [0, 0.05) is 10.9 Å². The first-order valence-corrected chi connectivity index (χ1v) is 12.3. The number of hydrogen-bond donors (Lipinski definition) is 1. The van der Waals surface area contributed by atoms with Crippen molar-refractivity contribution in [1.29, 1.82) is 0 Å². The number of β-lactam (4-membered cyclic amide) rings is 1. The van der Waals surface area contributed by atoms with Crippen molar-refractivity contribution < 1.29 is 23.7 Å². The first kappa shape index (κ1) is 23.7. The van der Waals surface area contributed by atoms with Gasteiger partial charge < -0.3 is 14.6 Å². The summed E-state index contributed by atoms with van der Waals surface area (Å²) in [7, 11) is 0. The second-order valence-corrected chi connectivity index (χ2v) is 11.2. The van der Waals surface area contributed by atoms with Crippen LogP contribution in [0.1, 0.15) is 5.56 Å². The number of fused-ring (bicyclic) bond motifs is 1. The zero-order chi connectivity index (χ0) is 22.1. The number of ether oxygens (including phenoxy) is 1. The molecule has 0 aromatic heterocycles. The first-order valence-electron chi connectivity index (χ1n) is 8.67. The molecule has 1 aromatic carbocycles. The highest BCUT2D eigenvalue weighted by Crippen LogP contribution is 2.38. The van der Waals surface area contributed by atoms with Gasteiger partial charge in [-0.2, -0.15) is 0 Å². The molecule has 162 valence electrons. The van der Waals surface area contributed by atoms with Gasteiger partial charge in [0.25, 0.3) is 5.91 Å². The quantitative estimate of drug-likeness (QED) is 0.250. The maximum Gasteiger partial charge on any atom is 0.355 e. The highest BCUT2D eigenvalue weighted by atomic mass is 79.9. The Kier molecular flexibility index (Phi) is 7.63. The van der Waals surface area contributed by atoms with Crippen molar-refractivity contribution in [3.8, 4) is 0 Å². The first-order chi connectivity index (χ1) is 14.1. The summed E-state index contributed by atoms with van der Waals surface area (Å²) in [5, 5.41) is 1.96. The van der Waals surface area contributed by atoms with Gasteiger partial charge in [-0.1, -0.05) is 81.1 Å². The predicted molar refractivity (Wildman–Crippen MR) is 118 cm³/mol. The van der Waals surface area contributed by atoms with Gasteiger partial charge >= 0.3 is 5.97 Å². The monoisotopic (exact) mass is 556 g/mol. The number of hydrogen-bond acceptors (Lipinski definition) is 5. The van der Waals surface area contributed by atoms with Crippen LogP contribution in [0.25, 0.3) is 0 Å². The highest BCUT2D eigenvalue weighted by molar-refractivity contribution is 9.09. The van der Waals surface area contributed by atoms with Crippen LogP contribution >= 0.6 is 50.7 Å². The van der Waals surface area contributed by atoms with Crippen LogP contribution in [0.3, 0.4) is 0 Å². The molecule has 1 aromatic rings. The fraction of sp³-hybridized carbons (Fsp3) is 0.389. The lowest BCUT2D eigenvalue weighted by molar-refractivity contribution is -0.153. The molecule has 0 aliphatic carbocycles. The number of alkyl halides is 4. The average Bonchev–Trinajstić information content (AvgIpc) is 2.69. The molecule has 3 rings (SSSR count). The summed E-state index contributed by atoms with van der Waals surface area (Å²) in [5.41, 5.74) is 1.17. The Morgan fingerprint density at radius 1 is 1.30 bits per heavy atom. The topological polar surface area (TPSA) is 98.8 Å². The number of esters is 1. The molecule has 12 heteroatoms. The van der Waals surface area contributed by atoms with Crippen molar-refractivity contribution in [2.24, 2.45) is 0 Å². The van der Waals surface area contributed by atoms with Crippen molar-refractivity contribution >= 4 is 79.7 Å². The number of carbonyl (C=O) groups is 3. The van der Waals surface area contributed by atoms with E-state index in [4.69, 9.17) is 39.5 Å². The lowest BCUT2D eigenvalue weighted by Gasteiger charge is -2.49. The normalized spacial score (nSPS) is 23.6. The van der Waals surface area contributed by atoms with Crippen LogP contribution in [-0.4, -0.2) is 60.1 Å². The van der Waals surface area contributed by atoms with Gasteiger partial charge in [-0.25, -0.2) is 4.79 Å². The second-order valence-electron chi connectivity index (χ2n) is 6.61. The Labute approximate surface area is 199 Å². The van der Waals surface area contributed by atoms with E-state index in [0.717, 1.165) is 10.5 Å². The summed E-state index contributed by atoms with van der Waals surface area (Å²) in [6, 6.07) is 8.02. The third kappa shape index (κ3) is 5.26. The molecule has 0 bridgehead atoms. The zero-order valence-electron chi connectivity index (χ0n) is 15.3. The lowest BCUT2D eigenvalue weighted by Crippen LogP contribution is -2.75. The summed E-state index contributed by atoms with van der Waals surface area (Å²) in [6.07, 6.45) is 0.0740. The van der Waals surface area contributed by atoms with E-state index in [1.54, 1.807) is 24.3 Å². The Morgan fingerprint density at radius 2 is 1.97 bits per heavy atom. The van der Waals surface area contributed by atoms with Crippen molar-refractivity contribution in [3.05, 3.63) is 47.2 Å². The number of nitrogens with one attached hydrogen (secondary N) is 1. The minimum atomic E-state index is -1.81. The lowest BCUT2D eigenvalue weighted by atomic mass is 10.0. The van der Waals surface area contributed by atoms with Gasteiger partial charge in [0.1, 0.15) is 18.1 Å². The molecule has 7 nitrogen and oxygen atoms in total. The van der Waals surface area contributed by atoms with E-state index in [1.807, 2.05) is 6.07 Å². The number of halogens is 4. The van der Waals surface area contributed by atoms with E-state index in [2.05, 4.69) is 21.2 Å². The van der Waals surface area contributed by atoms with Crippen molar-refractivity contribution in [3.63, 3.8) is 0 Å². The Morgan fingerprint density at radius 3 is 2.57 bits per heavy atom. The van der Waals surface area contributed by atoms with Gasteiger partial charge in [0.15, 0.2) is 6.04 Å². The largest absolute Gasteiger partial charge is 0.614 e. The maximum absolute atomic E-state index is 12.7. The molecule has 0 spiro atoms. The molecule has 0 saturated carbocycles. The molecule has 30 heavy (non-hydrogen) atoms. The van der Waals surface area contributed by atoms with Gasteiger partial charge in [-0.15, -0.1) is 0 Å². The van der Waals surface area contributed by atoms with E-state index < -0.39 is 44.9 Å². The number of nitrogens with zero attached hydrogens (tertiary/aromatic N) is 1. The van der Waals surface area contributed by atoms with Crippen LogP contribution in [0.4, 0.5) is 0 Å². The fourth-order valence-corrected chi connectivity index (χ4v) is 5.74. The van der Waals surface area contributed by atoms with Crippen LogP contribution in [0.5, 0.6) is 0 Å². The highest BCUT2D eigenvalue weighted by Gasteiger charge is 2.61. The van der Waals surface area contributed by atoms with Crippen LogP contribution in [0, 0.1) is 0 Å². The van der Waals surface area contributed by atoms with Gasteiger partial charge in [0.2, 0.25) is 15.1 Å². The average molecular weight is 559 g/mol. The Hall–Kier alpha value is -0.970. The molecule has 2 unspecified atom stereocenters. The number of rotatable bonds is 6. The molecule has 3 atom stereocenters. The second kappa shape index (κ2) is 9.67. The molecular weight excluding hydrogens is 543 g/mol. The molecular formula is C18H16BrCl3N2O5S.